The summed E-state index contributed by atoms with van der Waals surface area (Å²) in [5.41, 5.74) is 2.13. The van der Waals surface area contributed by atoms with Crippen molar-refractivity contribution in [2.75, 3.05) is 24.6 Å². The fourth-order valence-electron chi connectivity index (χ4n) is 4.29. The lowest BCUT2D eigenvalue weighted by molar-refractivity contribution is -0.534. The molecule has 1 atom stereocenters. The van der Waals surface area contributed by atoms with Crippen LogP contribution in [-0.2, 0) is 5.72 Å². The molecule has 1 N–H and O–H groups in total. The van der Waals surface area contributed by atoms with Gasteiger partial charge in [-0.05, 0) is 69.5 Å². The van der Waals surface area contributed by atoms with E-state index in [2.05, 4.69) is 40.7 Å². The van der Waals surface area contributed by atoms with Gasteiger partial charge in [-0.15, -0.1) is 0 Å². The summed E-state index contributed by atoms with van der Waals surface area (Å²) in [5, 5.41) is 11.9. The van der Waals surface area contributed by atoms with E-state index in [-0.39, 0.29) is 17.0 Å². The van der Waals surface area contributed by atoms with Crippen LogP contribution < -0.4 is 26.6 Å². The number of hydrogen-bond donors (Lipinski definition) is 1. The number of rotatable bonds is 4. The molecule has 0 saturated heterocycles. The highest BCUT2D eigenvalue weighted by atomic mass is 79.9. The Morgan fingerprint density at radius 1 is 1.04 bits per heavy atom. The standard InChI is InChI=1S/C23H29N2O2.BrH/c1-3-27-21-14-10-19(11-15-21)23(26)17-24-16-6-4-5-7-22(24)25(23)20-12-8-18(2)9-13-20;/h8-15,26H,3-7,16-17H2,1-2H3;1H/q+1;/p-1. The molecule has 1 unspecified atom stereocenters. The van der Waals surface area contributed by atoms with E-state index in [9.17, 15) is 5.11 Å². The van der Waals surface area contributed by atoms with Gasteiger partial charge in [-0.2, -0.15) is 4.90 Å². The van der Waals surface area contributed by atoms with Gasteiger partial charge >= 0.3 is 0 Å². The van der Waals surface area contributed by atoms with Crippen molar-refractivity contribution in [2.24, 2.45) is 0 Å². The minimum atomic E-state index is -1.06. The molecule has 4 nitrogen and oxygen atoms in total. The number of nitrogens with zero attached hydrogens (tertiary/aromatic N) is 2. The second kappa shape index (κ2) is 8.66. The summed E-state index contributed by atoms with van der Waals surface area (Å²) in [5.74, 6) is 2.08. The third-order valence-electron chi connectivity index (χ3n) is 5.65. The molecular formula is C23H29BrN2O2. The van der Waals surface area contributed by atoms with Crippen LogP contribution in [0.5, 0.6) is 5.75 Å². The van der Waals surface area contributed by atoms with Gasteiger partial charge in [0, 0.05) is 12.0 Å². The van der Waals surface area contributed by atoms with Crippen molar-refractivity contribution in [1.29, 1.82) is 0 Å². The Balaban J connectivity index is 0.00000225. The average Bonchev–Trinajstić information content (AvgIpc) is 2.80. The van der Waals surface area contributed by atoms with Crippen LogP contribution in [0.3, 0.4) is 0 Å². The molecule has 0 aromatic heterocycles. The zero-order chi connectivity index (χ0) is 18.9. The zero-order valence-corrected chi connectivity index (χ0v) is 18.3. The highest BCUT2D eigenvalue weighted by Gasteiger charge is 2.53. The third-order valence-corrected chi connectivity index (χ3v) is 5.65. The number of anilines is 1. The molecule has 2 heterocycles. The number of halogens is 1. The normalized spacial score (nSPS) is 21.8. The van der Waals surface area contributed by atoms with Gasteiger partial charge in [0.15, 0.2) is 6.54 Å². The monoisotopic (exact) mass is 444 g/mol. The molecule has 5 heteroatoms. The highest BCUT2D eigenvalue weighted by Crippen LogP contribution is 2.38. The Kier molecular flexibility index (Phi) is 6.46. The van der Waals surface area contributed by atoms with Crippen LogP contribution >= 0.6 is 0 Å². The fourth-order valence-corrected chi connectivity index (χ4v) is 4.29. The second-order valence-electron chi connectivity index (χ2n) is 7.59. The van der Waals surface area contributed by atoms with Gasteiger partial charge in [0.25, 0.3) is 11.6 Å². The maximum absolute atomic E-state index is 11.9. The Bertz CT molecular complexity index is 833. The van der Waals surface area contributed by atoms with Crippen LogP contribution in [-0.4, -0.2) is 35.2 Å². The first kappa shape index (κ1) is 20.9. The molecule has 0 amide bonds. The molecule has 2 aliphatic heterocycles. The SMILES string of the molecule is CCOc1ccc(C2(O)C[N+]3=C(CCCCC3)N2c2ccc(C)cc2)cc1.[Br-]. The minimum absolute atomic E-state index is 0. The van der Waals surface area contributed by atoms with E-state index in [4.69, 9.17) is 4.74 Å². The van der Waals surface area contributed by atoms with Crippen molar-refractivity contribution in [3.63, 3.8) is 0 Å². The Labute approximate surface area is 178 Å². The van der Waals surface area contributed by atoms with Gasteiger partial charge in [0.05, 0.1) is 13.2 Å². The molecule has 2 aromatic rings. The highest BCUT2D eigenvalue weighted by molar-refractivity contribution is 5.97. The van der Waals surface area contributed by atoms with Gasteiger partial charge in [0.1, 0.15) is 11.4 Å². The van der Waals surface area contributed by atoms with Gasteiger partial charge in [0.2, 0.25) is 0 Å². The van der Waals surface area contributed by atoms with Gasteiger partial charge in [-0.1, -0.05) is 17.7 Å². The van der Waals surface area contributed by atoms with Crippen LogP contribution in [0.25, 0.3) is 0 Å². The number of amidine groups is 1. The molecule has 0 fully saturated rings. The lowest BCUT2D eigenvalue weighted by Crippen LogP contribution is -3.00. The van der Waals surface area contributed by atoms with E-state index in [0.29, 0.717) is 13.2 Å². The topological polar surface area (TPSA) is 35.7 Å². The van der Waals surface area contributed by atoms with Crippen molar-refractivity contribution in [2.45, 2.75) is 45.3 Å². The summed E-state index contributed by atoms with van der Waals surface area (Å²) in [7, 11) is 0. The second-order valence-corrected chi connectivity index (χ2v) is 7.59. The Morgan fingerprint density at radius 2 is 1.75 bits per heavy atom. The van der Waals surface area contributed by atoms with Gasteiger partial charge in [-0.25, -0.2) is 0 Å². The van der Waals surface area contributed by atoms with Crippen molar-refractivity contribution < 1.29 is 31.4 Å². The molecule has 2 aromatic carbocycles. The van der Waals surface area contributed by atoms with Crippen LogP contribution in [0.4, 0.5) is 5.69 Å². The summed E-state index contributed by atoms with van der Waals surface area (Å²) in [6, 6.07) is 16.4. The van der Waals surface area contributed by atoms with Crippen molar-refractivity contribution >= 4 is 11.5 Å². The average molecular weight is 445 g/mol. The van der Waals surface area contributed by atoms with E-state index in [0.717, 1.165) is 30.0 Å². The van der Waals surface area contributed by atoms with E-state index in [1.165, 1.54) is 30.7 Å². The first-order chi connectivity index (χ1) is 13.1. The first-order valence-electron chi connectivity index (χ1n) is 10.1. The zero-order valence-electron chi connectivity index (χ0n) is 16.7. The Hall–Kier alpha value is -1.85. The molecule has 2 aliphatic rings. The van der Waals surface area contributed by atoms with Gasteiger partial charge < -0.3 is 26.8 Å². The lowest BCUT2D eigenvalue weighted by Gasteiger charge is -2.29. The molecule has 0 radical (unpaired) electrons. The molecule has 150 valence electrons. The lowest BCUT2D eigenvalue weighted by atomic mass is 9.99. The minimum Gasteiger partial charge on any atom is -1.00 e. The van der Waals surface area contributed by atoms with E-state index in [1.54, 1.807) is 0 Å². The summed E-state index contributed by atoms with van der Waals surface area (Å²) in [6.07, 6.45) is 4.62. The van der Waals surface area contributed by atoms with E-state index in [1.807, 2.05) is 31.2 Å². The molecular weight excluding hydrogens is 416 g/mol. The molecule has 0 spiro atoms. The molecule has 28 heavy (non-hydrogen) atoms. The third kappa shape index (κ3) is 3.83. The van der Waals surface area contributed by atoms with Crippen LogP contribution in [0.1, 0.15) is 43.7 Å². The van der Waals surface area contributed by atoms with E-state index < -0.39 is 5.72 Å². The van der Waals surface area contributed by atoms with Crippen molar-refractivity contribution in [3.05, 3.63) is 59.7 Å². The Morgan fingerprint density at radius 3 is 2.43 bits per heavy atom. The largest absolute Gasteiger partial charge is 1.00 e. The summed E-state index contributed by atoms with van der Waals surface area (Å²) >= 11 is 0. The number of benzene rings is 2. The molecule has 0 aliphatic carbocycles. The fraction of sp³-hybridized carbons (Fsp3) is 0.435. The molecule has 0 saturated carbocycles. The predicted molar refractivity (Wildman–Crippen MR) is 109 cm³/mol. The van der Waals surface area contributed by atoms with Crippen molar-refractivity contribution in [3.8, 4) is 5.75 Å². The quantitative estimate of drug-likeness (QED) is 0.715. The summed E-state index contributed by atoms with van der Waals surface area (Å²) < 4.78 is 7.96. The summed E-state index contributed by atoms with van der Waals surface area (Å²) in [4.78, 5) is 2.16. The summed E-state index contributed by atoms with van der Waals surface area (Å²) in [6.45, 7) is 6.33. The maximum atomic E-state index is 11.9. The van der Waals surface area contributed by atoms with Crippen molar-refractivity contribution in [1.82, 2.24) is 0 Å². The first-order valence-corrected chi connectivity index (χ1v) is 10.1. The smallest absolute Gasteiger partial charge is 0.275 e. The molecule has 0 bridgehead atoms. The number of ether oxygens (including phenoxy) is 1. The van der Waals surface area contributed by atoms with E-state index >= 15 is 0 Å². The number of hydrogen-bond acceptors (Lipinski definition) is 3. The van der Waals surface area contributed by atoms with Crippen LogP contribution in [0.2, 0.25) is 0 Å². The maximum Gasteiger partial charge on any atom is 0.275 e. The number of aryl methyl sites for hydroxylation is 1. The predicted octanol–water partition coefficient (Wildman–Crippen LogP) is 1.05. The number of aliphatic hydroxyl groups is 1. The molecule has 4 rings (SSSR count). The van der Waals surface area contributed by atoms with Crippen LogP contribution in [0, 0.1) is 6.92 Å². The van der Waals surface area contributed by atoms with Gasteiger partial charge in [-0.3, -0.25) is 4.58 Å². The van der Waals surface area contributed by atoms with Crippen LogP contribution in [0.15, 0.2) is 48.5 Å².